The maximum atomic E-state index is 11.2. The summed E-state index contributed by atoms with van der Waals surface area (Å²) in [6.07, 6.45) is 2.47. The summed E-state index contributed by atoms with van der Waals surface area (Å²) >= 11 is 0. The molecule has 1 aliphatic rings. The molecule has 1 heterocycles. The van der Waals surface area contributed by atoms with E-state index >= 15 is 0 Å². The molecule has 1 aromatic carbocycles. The maximum absolute atomic E-state index is 11.2. The van der Waals surface area contributed by atoms with Crippen molar-refractivity contribution in [3.05, 3.63) is 34.4 Å². The van der Waals surface area contributed by atoms with E-state index < -0.39 is 16.9 Å². The van der Waals surface area contributed by atoms with Gasteiger partial charge in [-0.15, -0.1) is 0 Å². The predicted octanol–water partition coefficient (Wildman–Crippen LogP) is 2.04. The van der Waals surface area contributed by atoms with E-state index in [0.29, 0.717) is 13.0 Å². The topological polar surface area (TPSA) is 83.7 Å². The quantitative estimate of drug-likeness (QED) is 0.655. The Morgan fingerprint density at radius 1 is 1.33 bits per heavy atom. The molecule has 0 saturated carbocycles. The molecular formula is C12H14N2O4. The SMILES string of the molecule is O=C(O)[C@H]1CCCCN1c1ccc([N+](=O)[O-])cc1. The Morgan fingerprint density at radius 3 is 2.56 bits per heavy atom. The van der Waals surface area contributed by atoms with Crippen molar-refractivity contribution in [3.8, 4) is 0 Å². The van der Waals surface area contributed by atoms with Crippen LogP contribution in [0.3, 0.4) is 0 Å². The van der Waals surface area contributed by atoms with Crippen LogP contribution in [0.2, 0.25) is 0 Å². The Labute approximate surface area is 104 Å². The highest BCUT2D eigenvalue weighted by Gasteiger charge is 2.28. The summed E-state index contributed by atoms with van der Waals surface area (Å²) in [4.78, 5) is 23.1. The molecule has 0 unspecified atom stereocenters. The smallest absolute Gasteiger partial charge is 0.326 e. The van der Waals surface area contributed by atoms with E-state index in [4.69, 9.17) is 5.11 Å². The number of carboxylic acids is 1. The molecule has 0 radical (unpaired) electrons. The zero-order chi connectivity index (χ0) is 13.1. The Bertz CT molecular complexity index is 458. The van der Waals surface area contributed by atoms with Crippen molar-refractivity contribution in [1.29, 1.82) is 0 Å². The van der Waals surface area contributed by atoms with Gasteiger partial charge in [0.15, 0.2) is 0 Å². The number of non-ortho nitro benzene ring substituents is 1. The van der Waals surface area contributed by atoms with Crippen LogP contribution < -0.4 is 4.90 Å². The molecule has 0 aliphatic carbocycles. The van der Waals surface area contributed by atoms with Gasteiger partial charge in [0.1, 0.15) is 6.04 Å². The summed E-state index contributed by atoms with van der Waals surface area (Å²) in [7, 11) is 0. The van der Waals surface area contributed by atoms with Crippen LogP contribution in [0.4, 0.5) is 11.4 Å². The summed E-state index contributed by atoms with van der Waals surface area (Å²) < 4.78 is 0. The van der Waals surface area contributed by atoms with E-state index in [1.165, 1.54) is 12.1 Å². The molecule has 1 N–H and O–H groups in total. The molecule has 6 nitrogen and oxygen atoms in total. The highest BCUT2D eigenvalue weighted by atomic mass is 16.6. The van der Waals surface area contributed by atoms with Gasteiger partial charge in [-0.1, -0.05) is 0 Å². The molecular weight excluding hydrogens is 236 g/mol. The fourth-order valence-corrected chi connectivity index (χ4v) is 2.26. The van der Waals surface area contributed by atoms with Crippen molar-refractivity contribution in [2.75, 3.05) is 11.4 Å². The van der Waals surface area contributed by atoms with Crippen LogP contribution in [0.15, 0.2) is 24.3 Å². The second-order valence-corrected chi connectivity index (χ2v) is 4.32. The van der Waals surface area contributed by atoms with E-state index in [1.54, 1.807) is 17.0 Å². The van der Waals surface area contributed by atoms with Gasteiger partial charge in [0, 0.05) is 24.4 Å². The van der Waals surface area contributed by atoms with Crippen molar-refractivity contribution in [2.24, 2.45) is 0 Å². The first-order valence-corrected chi connectivity index (χ1v) is 5.83. The average molecular weight is 250 g/mol. The molecule has 0 bridgehead atoms. The van der Waals surface area contributed by atoms with Gasteiger partial charge in [0.05, 0.1) is 4.92 Å². The number of piperidine rings is 1. The number of carboxylic acid groups (broad SMARTS) is 1. The van der Waals surface area contributed by atoms with Crippen LogP contribution in [0.25, 0.3) is 0 Å². The van der Waals surface area contributed by atoms with Gasteiger partial charge in [-0.25, -0.2) is 4.79 Å². The zero-order valence-electron chi connectivity index (χ0n) is 9.78. The lowest BCUT2D eigenvalue weighted by atomic mass is 10.0. The highest BCUT2D eigenvalue weighted by Crippen LogP contribution is 2.26. The number of hydrogen-bond acceptors (Lipinski definition) is 4. The van der Waals surface area contributed by atoms with Crippen LogP contribution in [0.1, 0.15) is 19.3 Å². The first kappa shape index (κ1) is 12.3. The van der Waals surface area contributed by atoms with Crippen LogP contribution in [0.5, 0.6) is 0 Å². The number of rotatable bonds is 3. The number of carbonyl (C=O) groups is 1. The number of nitrogens with zero attached hydrogens (tertiary/aromatic N) is 2. The van der Waals surface area contributed by atoms with E-state index in [0.717, 1.165) is 18.5 Å². The van der Waals surface area contributed by atoms with Crippen molar-refractivity contribution < 1.29 is 14.8 Å². The van der Waals surface area contributed by atoms with Crippen molar-refractivity contribution in [1.82, 2.24) is 0 Å². The molecule has 0 aromatic heterocycles. The third-order valence-electron chi connectivity index (χ3n) is 3.18. The first-order chi connectivity index (χ1) is 8.59. The Hall–Kier alpha value is -2.11. The third kappa shape index (κ3) is 2.42. The Morgan fingerprint density at radius 2 is 2.00 bits per heavy atom. The summed E-state index contributed by atoms with van der Waals surface area (Å²) in [6.45, 7) is 0.675. The van der Waals surface area contributed by atoms with Gasteiger partial charge in [-0.05, 0) is 31.4 Å². The summed E-state index contributed by atoms with van der Waals surface area (Å²) in [5.41, 5.74) is 0.746. The molecule has 96 valence electrons. The predicted molar refractivity (Wildman–Crippen MR) is 65.7 cm³/mol. The second-order valence-electron chi connectivity index (χ2n) is 4.32. The maximum Gasteiger partial charge on any atom is 0.326 e. The largest absolute Gasteiger partial charge is 0.480 e. The molecule has 1 aromatic rings. The van der Waals surface area contributed by atoms with Gasteiger partial charge in [0.2, 0.25) is 0 Å². The van der Waals surface area contributed by atoms with Crippen molar-refractivity contribution >= 4 is 17.3 Å². The molecule has 1 aliphatic heterocycles. The minimum Gasteiger partial charge on any atom is -0.480 e. The van der Waals surface area contributed by atoms with Crippen LogP contribution >= 0.6 is 0 Å². The van der Waals surface area contributed by atoms with Crippen LogP contribution in [-0.4, -0.2) is 28.6 Å². The number of aliphatic carboxylic acids is 1. The van der Waals surface area contributed by atoms with E-state index in [1.807, 2.05) is 0 Å². The van der Waals surface area contributed by atoms with E-state index in [2.05, 4.69) is 0 Å². The minimum absolute atomic E-state index is 0.0163. The van der Waals surface area contributed by atoms with Gasteiger partial charge >= 0.3 is 5.97 Å². The number of nitro groups is 1. The number of benzene rings is 1. The molecule has 0 amide bonds. The molecule has 18 heavy (non-hydrogen) atoms. The normalized spacial score (nSPS) is 19.6. The molecule has 1 atom stereocenters. The summed E-state index contributed by atoms with van der Waals surface area (Å²) in [5, 5.41) is 19.7. The number of anilines is 1. The Kier molecular flexibility index (Phi) is 3.45. The third-order valence-corrected chi connectivity index (χ3v) is 3.18. The lowest BCUT2D eigenvalue weighted by Crippen LogP contribution is -2.44. The molecule has 1 fully saturated rings. The molecule has 0 spiro atoms. The summed E-state index contributed by atoms with van der Waals surface area (Å²) in [6, 6.07) is 5.50. The van der Waals surface area contributed by atoms with Gasteiger partial charge in [-0.3, -0.25) is 10.1 Å². The lowest BCUT2D eigenvalue weighted by Gasteiger charge is -2.34. The van der Waals surface area contributed by atoms with Crippen molar-refractivity contribution in [2.45, 2.75) is 25.3 Å². The first-order valence-electron chi connectivity index (χ1n) is 5.83. The van der Waals surface area contributed by atoms with Gasteiger partial charge < -0.3 is 10.0 Å². The number of hydrogen-bond donors (Lipinski definition) is 1. The number of nitro benzene ring substituents is 1. The molecule has 2 rings (SSSR count). The monoisotopic (exact) mass is 250 g/mol. The fraction of sp³-hybridized carbons (Fsp3) is 0.417. The molecule has 1 saturated heterocycles. The summed E-state index contributed by atoms with van der Waals surface area (Å²) in [5.74, 6) is -0.840. The fourth-order valence-electron chi connectivity index (χ4n) is 2.26. The van der Waals surface area contributed by atoms with Crippen LogP contribution in [-0.2, 0) is 4.79 Å². The van der Waals surface area contributed by atoms with Gasteiger partial charge in [-0.2, -0.15) is 0 Å². The van der Waals surface area contributed by atoms with Gasteiger partial charge in [0.25, 0.3) is 5.69 Å². The lowest BCUT2D eigenvalue weighted by molar-refractivity contribution is -0.384. The Balaban J connectivity index is 2.23. The minimum atomic E-state index is -0.840. The van der Waals surface area contributed by atoms with E-state index in [9.17, 15) is 14.9 Å². The highest BCUT2D eigenvalue weighted by molar-refractivity contribution is 5.78. The van der Waals surface area contributed by atoms with Crippen LogP contribution in [0, 0.1) is 10.1 Å². The van der Waals surface area contributed by atoms with Crippen molar-refractivity contribution in [3.63, 3.8) is 0 Å². The standard InChI is InChI=1S/C12H14N2O4/c15-12(16)11-3-1-2-8-13(11)9-4-6-10(7-5-9)14(17)18/h4-7,11H,1-3,8H2,(H,15,16)/t11-/m1/s1. The second kappa shape index (κ2) is 5.03. The molecule has 6 heteroatoms. The van der Waals surface area contributed by atoms with E-state index in [-0.39, 0.29) is 5.69 Å². The average Bonchev–Trinajstić information content (AvgIpc) is 2.39. The zero-order valence-corrected chi connectivity index (χ0v) is 9.78.